The molecule has 4 rings (SSSR count). The van der Waals surface area contributed by atoms with Crippen molar-refractivity contribution in [1.82, 2.24) is 9.36 Å². The van der Waals surface area contributed by atoms with Gasteiger partial charge in [0.2, 0.25) is 5.91 Å². The molecule has 1 aliphatic heterocycles. The third kappa shape index (κ3) is 3.34. The van der Waals surface area contributed by atoms with Crippen LogP contribution in [0.15, 0.2) is 59.4 Å². The molecule has 1 aromatic heterocycles. The number of amides is 1. The number of hydrogen-bond acceptors (Lipinski definition) is 5. The number of rotatable bonds is 4. The van der Waals surface area contributed by atoms with Gasteiger partial charge in [0.25, 0.3) is 5.56 Å². The molecule has 9 heteroatoms. The Bertz CT molecular complexity index is 1310. The highest BCUT2D eigenvalue weighted by molar-refractivity contribution is 7.93. The molecule has 0 N–H and O–H groups in total. The standard InChI is InChI=1S/C22H24N4O4S/c1-15-20(21(28)26(24(15)4)18-8-6-5-7-9-18)25-19(27)14-31(29,30)22(25)16-10-12-17(13-11-16)23(2)3/h5-13,22H,14H2,1-4H3. The first-order valence-corrected chi connectivity index (χ1v) is 11.5. The van der Waals surface area contributed by atoms with E-state index in [0.717, 1.165) is 10.6 Å². The van der Waals surface area contributed by atoms with E-state index in [-0.39, 0.29) is 5.69 Å². The van der Waals surface area contributed by atoms with Gasteiger partial charge in [-0.15, -0.1) is 0 Å². The minimum Gasteiger partial charge on any atom is -0.378 e. The van der Waals surface area contributed by atoms with Crippen molar-refractivity contribution in [1.29, 1.82) is 0 Å². The molecule has 1 amide bonds. The van der Waals surface area contributed by atoms with Crippen LogP contribution in [0.4, 0.5) is 11.4 Å². The van der Waals surface area contributed by atoms with Crippen LogP contribution in [-0.4, -0.2) is 43.5 Å². The monoisotopic (exact) mass is 440 g/mol. The Balaban J connectivity index is 1.90. The van der Waals surface area contributed by atoms with Crippen LogP contribution < -0.4 is 15.4 Å². The Morgan fingerprint density at radius 2 is 1.58 bits per heavy atom. The molecular weight excluding hydrogens is 416 g/mol. The van der Waals surface area contributed by atoms with Crippen LogP contribution in [-0.2, 0) is 21.7 Å². The van der Waals surface area contributed by atoms with E-state index in [4.69, 9.17) is 0 Å². The molecule has 2 heterocycles. The molecule has 2 aromatic carbocycles. The second-order valence-corrected chi connectivity index (χ2v) is 9.88. The van der Waals surface area contributed by atoms with Crippen molar-refractivity contribution >= 4 is 27.1 Å². The molecule has 3 aromatic rings. The third-order valence-corrected chi connectivity index (χ3v) is 7.44. The van der Waals surface area contributed by atoms with Crippen molar-refractivity contribution < 1.29 is 13.2 Å². The third-order valence-electron chi connectivity index (χ3n) is 5.63. The Morgan fingerprint density at radius 1 is 0.968 bits per heavy atom. The Labute approximate surface area is 180 Å². The van der Waals surface area contributed by atoms with E-state index in [2.05, 4.69) is 0 Å². The molecule has 0 aliphatic carbocycles. The lowest BCUT2D eigenvalue weighted by Crippen LogP contribution is -2.34. The molecule has 8 nitrogen and oxygen atoms in total. The predicted molar refractivity (Wildman–Crippen MR) is 121 cm³/mol. The van der Waals surface area contributed by atoms with E-state index in [1.165, 1.54) is 4.68 Å². The van der Waals surface area contributed by atoms with E-state index >= 15 is 0 Å². The lowest BCUT2D eigenvalue weighted by molar-refractivity contribution is -0.115. The number of anilines is 2. The number of para-hydroxylation sites is 1. The van der Waals surface area contributed by atoms with Gasteiger partial charge in [0.05, 0.1) is 11.4 Å². The van der Waals surface area contributed by atoms with Crippen LogP contribution in [0, 0.1) is 6.92 Å². The zero-order valence-corrected chi connectivity index (χ0v) is 18.6. The molecule has 0 spiro atoms. The maximum atomic E-state index is 13.4. The molecule has 0 saturated carbocycles. The zero-order chi connectivity index (χ0) is 22.5. The van der Waals surface area contributed by atoms with E-state index in [9.17, 15) is 18.0 Å². The van der Waals surface area contributed by atoms with Gasteiger partial charge in [-0.25, -0.2) is 13.1 Å². The molecule has 1 fully saturated rings. The first kappa shape index (κ1) is 20.9. The fraction of sp³-hybridized carbons (Fsp3) is 0.273. The van der Waals surface area contributed by atoms with Crippen molar-refractivity contribution in [3.8, 4) is 5.69 Å². The summed E-state index contributed by atoms with van der Waals surface area (Å²) >= 11 is 0. The molecular formula is C22H24N4O4S. The molecule has 162 valence electrons. The van der Waals surface area contributed by atoms with Crippen LogP contribution in [0.1, 0.15) is 16.6 Å². The van der Waals surface area contributed by atoms with Gasteiger partial charge in [-0.05, 0) is 36.8 Å². The molecule has 0 radical (unpaired) electrons. The predicted octanol–water partition coefficient (Wildman–Crippen LogP) is 2.01. The number of hydrogen-bond donors (Lipinski definition) is 0. The summed E-state index contributed by atoms with van der Waals surface area (Å²) in [6, 6.07) is 16.0. The van der Waals surface area contributed by atoms with Crippen molar-refractivity contribution in [2.75, 3.05) is 29.6 Å². The number of nitrogens with zero attached hydrogens (tertiary/aromatic N) is 4. The maximum Gasteiger partial charge on any atom is 0.295 e. The van der Waals surface area contributed by atoms with Gasteiger partial charge in [0, 0.05) is 26.8 Å². The summed E-state index contributed by atoms with van der Waals surface area (Å²) in [7, 11) is 1.67. The van der Waals surface area contributed by atoms with Crippen LogP contribution in [0.3, 0.4) is 0 Å². The smallest absolute Gasteiger partial charge is 0.295 e. The fourth-order valence-corrected chi connectivity index (χ4v) is 5.74. The van der Waals surface area contributed by atoms with Crippen molar-refractivity contribution in [2.45, 2.75) is 12.3 Å². The summed E-state index contributed by atoms with van der Waals surface area (Å²) in [6.07, 6.45) is 0. The summed E-state index contributed by atoms with van der Waals surface area (Å²) in [6.45, 7) is 1.71. The average Bonchev–Trinajstić information content (AvgIpc) is 3.09. The van der Waals surface area contributed by atoms with Gasteiger partial charge < -0.3 is 4.90 Å². The highest BCUT2D eigenvalue weighted by atomic mass is 32.2. The summed E-state index contributed by atoms with van der Waals surface area (Å²) in [4.78, 5) is 29.4. The minimum absolute atomic E-state index is 0.0825. The zero-order valence-electron chi connectivity index (χ0n) is 17.8. The largest absolute Gasteiger partial charge is 0.378 e. The van der Waals surface area contributed by atoms with Crippen LogP contribution in [0.2, 0.25) is 0 Å². The molecule has 1 atom stereocenters. The Kier molecular flexibility index (Phi) is 5.01. The highest BCUT2D eigenvalue weighted by Crippen LogP contribution is 2.38. The summed E-state index contributed by atoms with van der Waals surface area (Å²) in [5.74, 6) is -1.24. The molecule has 1 aliphatic rings. The fourth-order valence-electron chi connectivity index (χ4n) is 3.98. The maximum absolute atomic E-state index is 13.4. The second kappa shape index (κ2) is 7.42. The minimum atomic E-state index is -3.82. The average molecular weight is 441 g/mol. The van der Waals surface area contributed by atoms with Crippen molar-refractivity contribution in [3.05, 3.63) is 76.2 Å². The van der Waals surface area contributed by atoms with Gasteiger partial charge in [0.15, 0.2) is 15.2 Å². The molecule has 1 unspecified atom stereocenters. The van der Waals surface area contributed by atoms with Crippen LogP contribution in [0.25, 0.3) is 5.69 Å². The molecule has 0 bridgehead atoms. The van der Waals surface area contributed by atoms with Gasteiger partial charge in [-0.3, -0.25) is 19.2 Å². The second-order valence-electron chi connectivity index (χ2n) is 7.82. The van der Waals surface area contributed by atoms with Gasteiger partial charge in [-0.1, -0.05) is 30.3 Å². The van der Waals surface area contributed by atoms with Gasteiger partial charge in [-0.2, -0.15) is 0 Å². The van der Waals surface area contributed by atoms with E-state index in [1.807, 2.05) is 37.2 Å². The van der Waals surface area contributed by atoms with Crippen LogP contribution in [0.5, 0.6) is 0 Å². The van der Waals surface area contributed by atoms with Crippen LogP contribution >= 0.6 is 0 Å². The van der Waals surface area contributed by atoms with Gasteiger partial charge in [0.1, 0.15) is 11.4 Å². The Morgan fingerprint density at radius 3 is 2.16 bits per heavy atom. The van der Waals surface area contributed by atoms with Crippen molar-refractivity contribution in [2.24, 2.45) is 7.05 Å². The first-order chi connectivity index (χ1) is 14.6. The summed E-state index contributed by atoms with van der Waals surface area (Å²) in [5.41, 5.74) is 2.13. The number of carbonyl (C=O) groups is 1. The highest BCUT2D eigenvalue weighted by Gasteiger charge is 2.48. The number of benzene rings is 2. The summed E-state index contributed by atoms with van der Waals surface area (Å²) in [5, 5.41) is -1.24. The lowest BCUT2D eigenvalue weighted by atomic mass is 10.1. The molecule has 1 saturated heterocycles. The first-order valence-electron chi connectivity index (χ1n) is 9.78. The number of aromatic nitrogens is 2. The van der Waals surface area contributed by atoms with E-state index in [1.54, 1.807) is 55.1 Å². The van der Waals surface area contributed by atoms with Crippen molar-refractivity contribution in [3.63, 3.8) is 0 Å². The number of carbonyl (C=O) groups excluding carboxylic acids is 1. The summed E-state index contributed by atoms with van der Waals surface area (Å²) < 4.78 is 29.0. The Hall–Kier alpha value is -3.33. The quantitative estimate of drug-likeness (QED) is 0.620. The topological polar surface area (TPSA) is 84.6 Å². The number of sulfone groups is 1. The SMILES string of the molecule is Cc1c(N2C(=O)CS(=O)(=O)C2c2ccc(N(C)C)cc2)c(=O)n(-c2ccccc2)n1C. The van der Waals surface area contributed by atoms with E-state index in [0.29, 0.717) is 16.9 Å². The van der Waals surface area contributed by atoms with Gasteiger partial charge >= 0.3 is 0 Å². The molecule has 31 heavy (non-hydrogen) atoms. The lowest BCUT2D eigenvalue weighted by Gasteiger charge is -2.23. The van der Waals surface area contributed by atoms with E-state index < -0.39 is 32.4 Å². The normalized spacial score (nSPS) is 17.9.